The van der Waals surface area contributed by atoms with E-state index in [2.05, 4.69) is 5.32 Å². The van der Waals surface area contributed by atoms with Gasteiger partial charge >= 0.3 is 5.97 Å². The van der Waals surface area contributed by atoms with Crippen LogP contribution in [0.25, 0.3) is 0 Å². The topological polar surface area (TPSA) is 64.6 Å². The molecule has 25 heavy (non-hydrogen) atoms. The summed E-state index contributed by atoms with van der Waals surface area (Å²) in [7, 11) is 0. The molecule has 0 radical (unpaired) electrons. The Kier molecular flexibility index (Phi) is 6.57. The Balaban J connectivity index is 1.91. The van der Waals surface area contributed by atoms with E-state index in [0.29, 0.717) is 23.0 Å². The van der Waals surface area contributed by atoms with E-state index in [1.807, 2.05) is 51.1 Å². The summed E-state index contributed by atoms with van der Waals surface area (Å²) in [6.07, 6.45) is 0. The van der Waals surface area contributed by atoms with Gasteiger partial charge in [0.15, 0.2) is 6.61 Å². The molecule has 0 aliphatic rings. The molecule has 5 nitrogen and oxygen atoms in total. The molecule has 2 rings (SSSR count). The maximum absolute atomic E-state index is 12.1. The van der Waals surface area contributed by atoms with Gasteiger partial charge in [0.25, 0.3) is 5.91 Å². The van der Waals surface area contributed by atoms with Gasteiger partial charge in [0.05, 0.1) is 5.56 Å². The van der Waals surface area contributed by atoms with Crippen LogP contribution >= 0.6 is 0 Å². The molecule has 132 valence electrons. The standard InChI is InChI=1S/C20H23NO4/c1-14(2)15(3)21-19(22)13-24-20(23)16-8-7-11-18(12-16)25-17-9-5-4-6-10-17/h4-12,14-15H,13H2,1-3H3,(H,21,22)/t15-/m1/s1. The Morgan fingerprint density at radius 3 is 2.32 bits per heavy atom. The molecule has 0 aliphatic carbocycles. The van der Waals surface area contributed by atoms with Crippen LogP contribution in [0.5, 0.6) is 11.5 Å². The zero-order valence-electron chi connectivity index (χ0n) is 14.7. The van der Waals surface area contributed by atoms with Crippen LogP contribution in [-0.4, -0.2) is 24.5 Å². The van der Waals surface area contributed by atoms with Crippen molar-refractivity contribution in [1.29, 1.82) is 0 Å². The second kappa shape index (κ2) is 8.87. The first-order valence-corrected chi connectivity index (χ1v) is 8.25. The maximum atomic E-state index is 12.1. The lowest BCUT2D eigenvalue weighted by Crippen LogP contribution is -2.38. The van der Waals surface area contributed by atoms with Gasteiger partial charge in [-0.15, -0.1) is 0 Å². The summed E-state index contributed by atoms with van der Waals surface area (Å²) < 4.78 is 10.8. The fourth-order valence-electron chi connectivity index (χ4n) is 1.99. The summed E-state index contributed by atoms with van der Waals surface area (Å²) in [6, 6.07) is 16.0. The number of carbonyl (C=O) groups excluding carboxylic acids is 2. The number of rotatable bonds is 7. The number of hydrogen-bond acceptors (Lipinski definition) is 4. The molecular weight excluding hydrogens is 318 g/mol. The maximum Gasteiger partial charge on any atom is 0.338 e. The Hall–Kier alpha value is -2.82. The Morgan fingerprint density at radius 2 is 1.64 bits per heavy atom. The van der Waals surface area contributed by atoms with Crippen LogP contribution in [0.15, 0.2) is 54.6 Å². The van der Waals surface area contributed by atoms with Crippen LogP contribution < -0.4 is 10.1 Å². The van der Waals surface area contributed by atoms with Gasteiger partial charge < -0.3 is 14.8 Å². The molecule has 5 heteroatoms. The lowest BCUT2D eigenvalue weighted by atomic mass is 10.1. The number of ether oxygens (including phenoxy) is 2. The molecule has 0 heterocycles. The summed E-state index contributed by atoms with van der Waals surface area (Å²) in [6.45, 7) is 5.62. The van der Waals surface area contributed by atoms with E-state index in [1.54, 1.807) is 24.3 Å². The van der Waals surface area contributed by atoms with E-state index in [9.17, 15) is 9.59 Å². The fourth-order valence-corrected chi connectivity index (χ4v) is 1.99. The van der Waals surface area contributed by atoms with E-state index < -0.39 is 5.97 Å². The van der Waals surface area contributed by atoms with Crippen LogP contribution in [-0.2, 0) is 9.53 Å². The molecule has 0 saturated heterocycles. The SMILES string of the molecule is CC(C)[C@@H](C)NC(=O)COC(=O)c1cccc(Oc2ccccc2)c1. The van der Waals surface area contributed by atoms with Crippen molar-refractivity contribution in [3.63, 3.8) is 0 Å². The van der Waals surface area contributed by atoms with Crippen molar-refractivity contribution >= 4 is 11.9 Å². The van der Waals surface area contributed by atoms with Crippen LogP contribution in [0.1, 0.15) is 31.1 Å². The van der Waals surface area contributed by atoms with Gasteiger partial charge in [0.1, 0.15) is 11.5 Å². The molecule has 1 atom stereocenters. The summed E-state index contributed by atoms with van der Waals surface area (Å²) in [5, 5.41) is 2.79. The van der Waals surface area contributed by atoms with Crippen LogP contribution in [0.2, 0.25) is 0 Å². The van der Waals surface area contributed by atoms with Crippen molar-refractivity contribution in [3.05, 3.63) is 60.2 Å². The molecule has 1 N–H and O–H groups in total. The monoisotopic (exact) mass is 341 g/mol. The second-order valence-corrected chi connectivity index (χ2v) is 6.12. The molecule has 0 unspecified atom stereocenters. The second-order valence-electron chi connectivity index (χ2n) is 6.12. The van der Waals surface area contributed by atoms with Gasteiger partial charge in [-0.05, 0) is 43.2 Å². The average Bonchev–Trinajstić information content (AvgIpc) is 2.60. The summed E-state index contributed by atoms with van der Waals surface area (Å²) in [5.74, 6) is 0.636. The minimum Gasteiger partial charge on any atom is -0.457 e. The van der Waals surface area contributed by atoms with Gasteiger partial charge in [0, 0.05) is 6.04 Å². The fraction of sp³-hybridized carbons (Fsp3) is 0.300. The molecule has 2 aromatic rings. The van der Waals surface area contributed by atoms with E-state index >= 15 is 0 Å². The third-order valence-electron chi connectivity index (χ3n) is 3.77. The minimum absolute atomic E-state index is 0.0220. The number of para-hydroxylation sites is 1. The van der Waals surface area contributed by atoms with Crippen LogP contribution in [0.3, 0.4) is 0 Å². The van der Waals surface area contributed by atoms with Gasteiger partial charge in [-0.3, -0.25) is 4.79 Å². The van der Waals surface area contributed by atoms with E-state index in [0.717, 1.165) is 0 Å². The highest BCUT2D eigenvalue weighted by Crippen LogP contribution is 2.22. The van der Waals surface area contributed by atoms with Gasteiger partial charge in [-0.2, -0.15) is 0 Å². The Morgan fingerprint density at radius 1 is 0.960 bits per heavy atom. The van der Waals surface area contributed by atoms with Crippen molar-refractivity contribution in [2.45, 2.75) is 26.8 Å². The molecule has 1 amide bonds. The smallest absolute Gasteiger partial charge is 0.338 e. The first-order chi connectivity index (χ1) is 12.0. The summed E-state index contributed by atoms with van der Waals surface area (Å²) in [5.41, 5.74) is 0.332. The van der Waals surface area contributed by atoms with Crippen LogP contribution in [0.4, 0.5) is 0 Å². The zero-order valence-corrected chi connectivity index (χ0v) is 14.7. The molecule has 0 spiro atoms. The van der Waals surface area contributed by atoms with Crippen molar-refractivity contribution in [3.8, 4) is 11.5 Å². The van der Waals surface area contributed by atoms with E-state index in [-0.39, 0.29) is 18.6 Å². The Labute approximate surface area is 148 Å². The number of benzene rings is 2. The number of nitrogens with one attached hydrogen (secondary N) is 1. The number of carbonyl (C=O) groups is 2. The van der Waals surface area contributed by atoms with Crippen molar-refractivity contribution < 1.29 is 19.1 Å². The third kappa shape index (κ3) is 5.95. The summed E-state index contributed by atoms with van der Waals surface area (Å²) >= 11 is 0. The largest absolute Gasteiger partial charge is 0.457 e. The van der Waals surface area contributed by atoms with E-state index in [1.165, 1.54) is 0 Å². The predicted octanol–water partition coefficient (Wildman–Crippen LogP) is 3.80. The number of hydrogen-bond donors (Lipinski definition) is 1. The van der Waals surface area contributed by atoms with Crippen LogP contribution in [0, 0.1) is 5.92 Å². The lowest BCUT2D eigenvalue weighted by Gasteiger charge is -2.17. The molecule has 0 fully saturated rings. The van der Waals surface area contributed by atoms with Gasteiger partial charge in [-0.1, -0.05) is 38.1 Å². The van der Waals surface area contributed by atoms with Gasteiger partial charge in [-0.25, -0.2) is 4.79 Å². The minimum atomic E-state index is -0.564. The van der Waals surface area contributed by atoms with Crippen molar-refractivity contribution in [2.75, 3.05) is 6.61 Å². The van der Waals surface area contributed by atoms with E-state index in [4.69, 9.17) is 9.47 Å². The zero-order chi connectivity index (χ0) is 18.2. The highest BCUT2D eigenvalue weighted by Gasteiger charge is 2.14. The highest BCUT2D eigenvalue weighted by molar-refractivity contribution is 5.91. The van der Waals surface area contributed by atoms with Crippen molar-refractivity contribution in [2.24, 2.45) is 5.92 Å². The molecule has 0 aliphatic heterocycles. The first kappa shape index (κ1) is 18.5. The first-order valence-electron chi connectivity index (χ1n) is 8.25. The number of amides is 1. The molecule has 0 aromatic heterocycles. The Bertz CT molecular complexity index is 713. The average molecular weight is 341 g/mol. The van der Waals surface area contributed by atoms with Crippen molar-refractivity contribution in [1.82, 2.24) is 5.32 Å². The third-order valence-corrected chi connectivity index (χ3v) is 3.77. The highest BCUT2D eigenvalue weighted by atomic mass is 16.5. The molecule has 2 aromatic carbocycles. The lowest BCUT2D eigenvalue weighted by molar-refractivity contribution is -0.125. The molecule has 0 saturated carbocycles. The van der Waals surface area contributed by atoms with Gasteiger partial charge in [0.2, 0.25) is 0 Å². The summed E-state index contributed by atoms with van der Waals surface area (Å²) in [4.78, 5) is 23.9. The quantitative estimate of drug-likeness (QED) is 0.778. The number of esters is 1. The predicted molar refractivity (Wildman–Crippen MR) is 95.7 cm³/mol. The normalized spacial score (nSPS) is 11.7. The molecule has 0 bridgehead atoms. The molecular formula is C20H23NO4.